The third-order valence-corrected chi connectivity index (χ3v) is 7.08. The summed E-state index contributed by atoms with van der Waals surface area (Å²) in [6, 6.07) is 21.3. The normalized spacial score (nSPS) is 20.3. The molecule has 1 spiro atoms. The molecule has 1 saturated heterocycles. The number of hydrogen-bond donors (Lipinski definition) is 0. The third-order valence-electron chi connectivity index (χ3n) is 5.41. The molecule has 2 aliphatic heterocycles. The summed E-state index contributed by atoms with van der Waals surface area (Å²) in [4.78, 5) is 28.8. The van der Waals surface area contributed by atoms with E-state index >= 15 is 0 Å². The Morgan fingerprint density at radius 1 is 1.00 bits per heavy atom. The van der Waals surface area contributed by atoms with Crippen LogP contribution in [0.1, 0.15) is 11.1 Å². The lowest BCUT2D eigenvalue weighted by Crippen LogP contribution is -2.49. The second-order valence-corrected chi connectivity index (χ2v) is 8.73. The number of benzene rings is 3. The molecule has 0 N–H and O–H groups in total. The summed E-state index contributed by atoms with van der Waals surface area (Å²) in [6.07, 6.45) is 0. The molecule has 0 aliphatic carbocycles. The van der Waals surface area contributed by atoms with Crippen molar-refractivity contribution in [1.82, 2.24) is 0 Å². The number of thioether (sulfide) groups is 1. The fourth-order valence-electron chi connectivity index (χ4n) is 4.10. The van der Waals surface area contributed by atoms with Gasteiger partial charge in [-0.1, -0.05) is 60.1 Å². The van der Waals surface area contributed by atoms with Gasteiger partial charge in [-0.2, -0.15) is 0 Å². The highest BCUT2D eigenvalue weighted by molar-refractivity contribution is 8.02. The van der Waals surface area contributed by atoms with E-state index in [2.05, 4.69) is 0 Å². The van der Waals surface area contributed by atoms with Crippen molar-refractivity contribution in [1.29, 1.82) is 0 Å². The zero-order valence-electron chi connectivity index (χ0n) is 15.7. The maximum absolute atomic E-state index is 13.9. The number of halogens is 2. The molecule has 3 aromatic rings. The van der Waals surface area contributed by atoms with Crippen molar-refractivity contribution in [2.45, 2.75) is 11.4 Å². The smallest absolute Gasteiger partial charge is 0.269 e. The van der Waals surface area contributed by atoms with Crippen LogP contribution >= 0.6 is 23.4 Å². The Labute approximate surface area is 182 Å². The predicted octanol–water partition coefficient (Wildman–Crippen LogP) is 4.96. The van der Waals surface area contributed by atoms with Crippen molar-refractivity contribution < 1.29 is 14.0 Å². The largest absolute Gasteiger partial charge is 0.304 e. The van der Waals surface area contributed by atoms with Crippen molar-refractivity contribution >= 4 is 46.6 Å². The fourth-order valence-corrected chi connectivity index (χ4v) is 5.64. The second kappa shape index (κ2) is 7.15. The van der Waals surface area contributed by atoms with Gasteiger partial charge in [-0.05, 0) is 29.8 Å². The van der Waals surface area contributed by atoms with Crippen LogP contribution in [0.2, 0.25) is 5.02 Å². The average molecular weight is 439 g/mol. The fraction of sp³-hybridized carbons (Fsp3) is 0.130. The highest BCUT2D eigenvalue weighted by Gasteiger charge is 2.60. The lowest BCUT2D eigenvalue weighted by molar-refractivity contribution is -0.123. The van der Waals surface area contributed by atoms with Crippen LogP contribution < -0.4 is 9.80 Å². The topological polar surface area (TPSA) is 40.6 Å². The first-order valence-electron chi connectivity index (χ1n) is 9.40. The van der Waals surface area contributed by atoms with Gasteiger partial charge in [0.05, 0.1) is 23.0 Å². The lowest BCUT2D eigenvalue weighted by atomic mass is 10.0. The summed E-state index contributed by atoms with van der Waals surface area (Å²) >= 11 is 7.28. The molecule has 7 heteroatoms. The maximum atomic E-state index is 13.9. The van der Waals surface area contributed by atoms with Crippen LogP contribution in [0.4, 0.5) is 15.8 Å². The van der Waals surface area contributed by atoms with Crippen molar-refractivity contribution in [3.63, 3.8) is 0 Å². The number of carbonyl (C=O) groups is 2. The number of anilines is 2. The predicted molar refractivity (Wildman–Crippen MR) is 117 cm³/mol. The van der Waals surface area contributed by atoms with Gasteiger partial charge < -0.3 is 4.90 Å². The van der Waals surface area contributed by atoms with Crippen molar-refractivity contribution in [2.24, 2.45) is 0 Å². The highest BCUT2D eigenvalue weighted by atomic mass is 35.5. The summed E-state index contributed by atoms with van der Waals surface area (Å²) in [5.41, 5.74) is 2.92. The Morgan fingerprint density at radius 2 is 1.73 bits per heavy atom. The van der Waals surface area contributed by atoms with Gasteiger partial charge >= 0.3 is 0 Å². The standard InChI is InChI=1S/C23H16ClFN2O2S/c24-18-12-16(10-11-19(18)25)27-21(28)14-30-23(27)17-8-4-5-9-20(17)26(22(23)29)13-15-6-2-1-3-7-15/h1-12H,13-14H2/t23-/m1/s1. The number of fused-ring (bicyclic) bond motifs is 2. The SMILES string of the molecule is O=C1CS[C@]2(C(=O)N(Cc3ccccc3)c3ccccc32)N1c1ccc(F)c(Cl)c1. The first-order valence-corrected chi connectivity index (χ1v) is 10.8. The number of rotatable bonds is 3. The van der Waals surface area contributed by atoms with E-state index in [0.717, 1.165) is 16.8 Å². The molecule has 30 heavy (non-hydrogen) atoms. The van der Waals surface area contributed by atoms with E-state index in [4.69, 9.17) is 11.6 Å². The monoisotopic (exact) mass is 438 g/mol. The summed E-state index contributed by atoms with van der Waals surface area (Å²) in [7, 11) is 0. The van der Waals surface area contributed by atoms with E-state index in [1.54, 1.807) is 4.90 Å². The van der Waals surface area contributed by atoms with Crippen LogP contribution in [-0.4, -0.2) is 17.6 Å². The maximum Gasteiger partial charge on any atom is 0.269 e. The zero-order valence-corrected chi connectivity index (χ0v) is 17.3. The average Bonchev–Trinajstić information content (AvgIpc) is 3.22. The van der Waals surface area contributed by atoms with E-state index in [0.29, 0.717) is 12.2 Å². The van der Waals surface area contributed by atoms with Crippen LogP contribution in [0.25, 0.3) is 0 Å². The molecule has 2 heterocycles. The molecule has 1 atom stereocenters. The van der Waals surface area contributed by atoms with Crippen molar-refractivity contribution in [3.05, 3.63) is 94.8 Å². The number of para-hydroxylation sites is 1. The summed E-state index contributed by atoms with van der Waals surface area (Å²) in [5.74, 6) is -0.831. The van der Waals surface area contributed by atoms with Gasteiger partial charge in [-0.3, -0.25) is 14.5 Å². The highest BCUT2D eigenvalue weighted by Crippen LogP contribution is 2.56. The molecule has 2 amide bonds. The van der Waals surface area contributed by atoms with E-state index < -0.39 is 10.7 Å². The number of carbonyl (C=O) groups excluding carboxylic acids is 2. The van der Waals surface area contributed by atoms with Gasteiger partial charge in [0.15, 0.2) is 0 Å². The molecular weight excluding hydrogens is 423 g/mol. The Balaban J connectivity index is 1.66. The minimum atomic E-state index is -1.23. The minimum absolute atomic E-state index is 0.0905. The van der Waals surface area contributed by atoms with Crippen molar-refractivity contribution in [2.75, 3.05) is 15.6 Å². The Morgan fingerprint density at radius 3 is 2.50 bits per heavy atom. The molecule has 5 rings (SSSR count). The van der Waals surface area contributed by atoms with E-state index in [1.165, 1.54) is 34.9 Å². The zero-order chi connectivity index (χ0) is 20.9. The Bertz CT molecular complexity index is 1170. The van der Waals surface area contributed by atoms with Gasteiger partial charge in [-0.15, -0.1) is 11.8 Å². The Hall–Kier alpha value is -2.83. The quantitative estimate of drug-likeness (QED) is 0.580. The van der Waals surface area contributed by atoms with Gasteiger partial charge in [-0.25, -0.2) is 4.39 Å². The summed E-state index contributed by atoms with van der Waals surface area (Å²) < 4.78 is 13.8. The van der Waals surface area contributed by atoms with E-state index in [1.807, 2.05) is 54.6 Å². The first-order chi connectivity index (χ1) is 14.5. The van der Waals surface area contributed by atoms with Crippen molar-refractivity contribution in [3.8, 4) is 0 Å². The molecule has 1 fully saturated rings. The van der Waals surface area contributed by atoms with Crippen LogP contribution in [0.5, 0.6) is 0 Å². The second-order valence-electron chi connectivity index (χ2n) is 7.15. The molecule has 0 saturated carbocycles. The van der Waals surface area contributed by atoms with E-state index in [9.17, 15) is 14.0 Å². The molecule has 0 radical (unpaired) electrons. The number of hydrogen-bond acceptors (Lipinski definition) is 3. The minimum Gasteiger partial charge on any atom is -0.304 e. The molecule has 0 unspecified atom stereocenters. The van der Waals surface area contributed by atoms with Gasteiger partial charge in [0, 0.05) is 11.3 Å². The first kappa shape index (κ1) is 19.2. The van der Waals surface area contributed by atoms with Crippen LogP contribution in [0.15, 0.2) is 72.8 Å². The number of amides is 2. The number of nitrogens with zero attached hydrogens (tertiary/aromatic N) is 2. The van der Waals surface area contributed by atoms with Gasteiger partial charge in [0.25, 0.3) is 5.91 Å². The molecule has 0 bridgehead atoms. The molecule has 4 nitrogen and oxygen atoms in total. The van der Waals surface area contributed by atoms with E-state index in [-0.39, 0.29) is 22.6 Å². The van der Waals surface area contributed by atoms with Crippen LogP contribution in [0, 0.1) is 5.82 Å². The molecule has 3 aromatic carbocycles. The lowest BCUT2D eigenvalue weighted by Gasteiger charge is -2.33. The van der Waals surface area contributed by atoms with Gasteiger partial charge in [0.2, 0.25) is 10.8 Å². The molecular formula is C23H16ClFN2O2S. The van der Waals surface area contributed by atoms with Crippen LogP contribution in [-0.2, 0) is 21.0 Å². The van der Waals surface area contributed by atoms with Crippen LogP contribution in [0.3, 0.4) is 0 Å². The summed E-state index contributed by atoms with van der Waals surface area (Å²) in [6.45, 7) is 0.394. The Kier molecular flexibility index (Phi) is 4.56. The molecule has 150 valence electrons. The molecule has 2 aliphatic rings. The van der Waals surface area contributed by atoms with Gasteiger partial charge in [0.1, 0.15) is 5.82 Å². The molecule has 0 aromatic heterocycles. The third kappa shape index (κ3) is 2.75. The summed E-state index contributed by atoms with van der Waals surface area (Å²) in [5, 5.41) is -0.0905.